The molecule has 2 rings (SSSR count). The summed E-state index contributed by atoms with van der Waals surface area (Å²) in [6.45, 7) is 10.5. The molecule has 0 atom stereocenters. The van der Waals surface area contributed by atoms with E-state index in [1.165, 1.54) is 19.3 Å². The Hall–Kier alpha value is -1.52. The van der Waals surface area contributed by atoms with Crippen LogP contribution in [0.15, 0.2) is 12.4 Å². The molecule has 1 aliphatic rings. The highest BCUT2D eigenvalue weighted by atomic mass is 16.6. The Kier molecular flexibility index (Phi) is 6.08. The molecule has 0 bridgehead atoms. The highest BCUT2D eigenvalue weighted by Crippen LogP contribution is 2.24. The number of amides is 1. The summed E-state index contributed by atoms with van der Waals surface area (Å²) >= 11 is 0. The third-order valence-electron chi connectivity index (χ3n) is 4.45. The molecule has 1 fully saturated rings. The molecule has 1 amide bonds. The van der Waals surface area contributed by atoms with E-state index in [4.69, 9.17) is 4.74 Å². The second-order valence-corrected chi connectivity index (χ2v) is 7.57. The summed E-state index contributed by atoms with van der Waals surface area (Å²) in [5, 5.41) is 0. The predicted octanol–water partition coefficient (Wildman–Crippen LogP) is 4.01. The first-order chi connectivity index (χ1) is 10.8. The quantitative estimate of drug-likeness (QED) is 0.770. The minimum atomic E-state index is -0.403. The van der Waals surface area contributed by atoms with Gasteiger partial charge in [-0.05, 0) is 52.9 Å². The lowest BCUT2D eigenvalue weighted by Gasteiger charge is -2.33. The number of carbonyl (C=O) groups excluding carboxylic acids is 1. The number of piperidine rings is 1. The van der Waals surface area contributed by atoms with Crippen LogP contribution >= 0.6 is 0 Å². The van der Waals surface area contributed by atoms with Crippen molar-refractivity contribution in [1.29, 1.82) is 0 Å². The van der Waals surface area contributed by atoms with Crippen LogP contribution in [0.3, 0.4) is 0 Å². The van der Waals surface area contributed by atoms with Crippen molar-refractivity contribution in [2.45, 2.75) is 71.9 Å². The summed E-state index contributed by atoms with van der Waals surface area (Å²) < 4.78 is 7.66. The number of aryl methyl sites for hydroxylation is 2. The molecule has 0 saturated carbocycles. The smallest absolute Gasteiger partial charge is 0.410 e. The number of likely N-dealkylation sites (tertiary alicyclic amines) is 1. The van der Waals surface area contributed by atoms with Crippen LogP contribution in [-0.2, 0) is 11.3 Å². The molecule has 5 heteroatoms. The second-order valence-electron chi connectivity index (χ2n) is 7.57. The van der Waals surface area contributed by atoms with Crippen molar-refractivity contribution >= 4 is 6.09 Å². The average Bonchev–Trinajstić information content (AvgIpc) is 2.88. The lowest BCUT2D eigenvalue weighted by molar-refractivity contribution is 0.0180. The lowest BCUT2D eigenvalue weighted by Crippen LogP contribution is -2.41. The van der Waals surface area contributed by atoms with Gasteiger partial charge in [0.05, 0.1) is 0 Å². The maximum atomic E-state index is 12.0. The van der Waals surface area contributed by atoms with E-state index in [-0.39, 0.29) is 6.09 Å². The van der Waals surface area contributed by atoms with Crippen molar-refractivity contribution in [3.63, 3.8) is 0 Å². The van der Waals surface area contributed by atoms with Gasteiger partial charge in [-0.3, -0.25) is 0 Å². The van der Waals surface area contributed by atoms with Gasteiger partial charge in [-0.2, -0.15) is 0 Å². The molecular weight excluding hydrogens is 290 g/mol. The number of imidazole rings is 1. The van der Waals surface area contributed by atoms with E-state index in [2.05, 4.69) is 15.7 Å². The molecule has 1 aromatic heterocycles. The van der Waals surface area contributed by atoms with Gasteiger partial charge in [0.1, 0.15) is 11.4 Å². The monoisotopic (exact) mass is 321 g/mol. The third kappa shape index (κ3) is 5.88. The first-order valence-electron chi connectivity index (χ1n) is 8.81. The zero-order valence-electron chi connectivity index (χ0n) is 15.0. The molecule has 0 spiro atoms. The molecule has 0 N–H and O–H groups in total. The second kappa shape index (κ2) is 7.84. The molecule has 5 nitrogen and oxygen atoms in total. The molecule has 0 radical (unpaired) electrons. The van der Waals surface area contributed by atoms with E-state index in [9.17, 15) is 4.79 Å². The zero-order chi connectivity index (χ0) is 16.9. The number of aromatic nitrogens is 2. The Labute approximate surface area is 140 Å². The normalized spacial score (nSPS) is 16.6. The summed E-state index contributed by atoms with van der Waals surface area (Å²) in [4.78, 5) is 18.1. The number of hydrogen-bond acceptors (Lipinski definition) is 3. The fourth-order valence-corrected chi connectivity index (χ4v) is 3.09. The van der Waals surface area contributed by atoms with Crippen LogP contribution in [0.4, 0.5) is 4.79 Å². The van der Waals surface area contributed by atoms with Crippen molar-refractivity contribution in [3.05, 3.63) is 18.2 Å². The molecule has 2 heterocycles. The molecule has 1 aromatic rings. The van der Waals surface area contributed by atoms with Crippen LogP contribution in [-0.4, -0.2) is 39.2 Å². The van der Waals surface area contributed by atoms with Crippen LogP contribution in [0.5, 0.6) is 0 Å². The van der Waals surface area contributed by atoms with Crippen LogP contribution in [0.2, 0.25) is 0 Å². The minimum Gasteiger partial charge on any atom is -0.444 e. The number of nitrogens with zero attached hydrogens (tertiary/aromatic N) is 3. The number of ether oxygens (including phenoxy) is 1. The van der Waals surface area contributed by atoms with Gasteiger partial charge in [-0.1, -0.05) is 12.8 Å². The van der Waals surface area contributed by atoms with Gasteiger partial charge in [0.15, 0.2) is 0 Å². The van der Waals surface area contributed by atoms with Crippen molar-refractivity contribution in [1.82, 2.24) is 14.5 Å². The number of carbonyl (C=O) groups is 1. The van der Waals surface area contributed by atoms with Crippen LogP contribution in [0, 0.1) is 12.8 Å². The lowest BCUT2D eigenvalue weighted by atomic mass is 9.92. The fourth-order valence-electron chi connectivity index (χ4n) is 3.09. The van der Waals surface area contributed by atoms with Crippen LogP contribution in [0.25, 0.3) is 0 Å². The molecule has 23 heavy (non-hydrogen) atoms. The predicted molar refractivity (Wildman–Crippen MR) is 91.3 cm³/mol. The van der Waals surface area contributed by atoms with Gasteiger partial charge in [-0.25, -0.2) is 9.78 Å². The molecule has 1 aliphatic heterocycles. The molecule has 1 saturated heterocycles. The van der Waals surface area contributed by atoms with E-state index in [1.54, 1.807) is 0 Å². The fraction of sp³-hybridized carbons (Fsp3) is 0.778. The van der Waals surface area contributed by atoms with E-state index < -0.39 is 5.60 Å². The van der Waals surface area contributed by atoms with Gasteiger partial charge >= 0.3 is 6.09 Å². The van der Waals surface area contributed by atoms with Crippen molar-refractivity contribution in [3.8, 4) is 0 Å². The summed E-state index contributed by atoms with van der Waals surface area (Å²) in [5.41, 5.74) is -0.403. The molecule has 0 aromatic carbocycles. The van der Waals surface area contributed by atoms with E-state index in [1.807, 2.05) is 38.8 Å². The van der Waals surface area contributed by atoms with E-state index in [0.717, 1.165) is 44.2 Å². The van der Waals surface area contributed by atoms with Gasteiger partial charge in [0.2, 0.25) is 0 Å². The number of rotatable bonds is 5. The first-order valence-corrected chi connectivity index (χ1v) is 8.81. The Morgan fingerprint density at radius 1 is 1.30 bits per heavy atom. The van der Waals surface area contributed by atoms with Crippen LogP contribution in [0.1, 0.15) is 58.7 Å². The van der Waals surface area contributed by atoms with Crippen molar-refractivity contribution in [2.75, 3.05) is 13.1 Å². The first kappa shape index (κ1) is 17.8. The SMILES string of the molecule is Cc1nccn1CCCCC1CCN(C(=O)OC(C)(C)C)CC1. The van der Waals surface area contributed by atoms with Gasteiger partial charge in [0, 0.05) is 32.0 Å². The maximum absolute atomic E-state index is 12.0. The van der Waals surface area contributed by atoms with Crippen molar-refractivity contribution < 1.29 is 9.53 Å². The maximum Gasteiger partial charge on any atom is 0.410 e. The minimum absolute atomic E-state index is 0.161. The summed E-state index contributed by atoms with van der Waals surface area (Å²) in [7, 11) is 0. The molecule has 0 aliphatic carbocycles. The Morgan fingerprint density at radius 2 is 2.00 bits per heavy atom. The van der Waals surface area contributed by atoms with Crippen molar-refractivity contribution in [2.24, 2.45) is 5.92 Å². The highest BCUT2D eigenvalue weighted by molar-refractivity contribution is 5.68. The molecule has 130 valence electrons. The Bertz CT molecular complexity index is 497. The third-order valence-corrected chi connectivity index (χ3v) is 4.45. The number of hydrogen-bond donors (Lipinski definition) is 0. The van der Waals surface area contributed by atoms with Crippen LogP contribution < -0.4 is 0 Å². The standard InChI is InChI=1S/C18H31N3O2/c1-15-19-10-14-20(15)11-6-5-7-16-8-12-21(13-9-16)17(22)23-18(2,3)4/h10,14,16H,5-9,11-13H2,1-4H3. The molecular formula is C18H31N3O2. The van der Waals surface area contributed by atoms with E-state index in [0.29, 0.717) is 0 Å². The zero-order valence-corrected chi connectivity index (χ0v) is 15.0. The highest BCUT2D eigenvalue weighted by Gasteiger charge is 2.26. The largest absolute Gasteiger partial charge is 0.444 e. The summed E-state index contributed by atoms with van der Waals surface area (Å²) in [6.07, 6.45) is 9.66. The Morgan fingerprint density at radius 3 is 2.57 bits per heavy atom. The molecule has 0 unspecified atom stereocenters. The average molecular weight is 321 g/mol. The number of unbranched alkanes of at least 4 members (excludes halogenated alkanes) is 1. The van der Waals surface area contributed by atoms with Gasteiger partial charge in [0.25, 0.3) is 0 Å². The summed E-state index contributed by atoms with van der Waals surface area (Å²) in [6, 6.07) is 0. The topological polar surface area (TPSA) is 47.4 Å². The van der Waals surface area contributed by atoms with Gasteiger partial charge in [-0.15, -0.1) is 0 Å². The van der Waals surface area contributed by atoms with E-state index >= 15 is 0 Å². The Balaban J connectivity index is 1.61. The summed E-state index contributed by atoms with van der Waals surface area (Å²) in [5.74, 6) is 1.84. The van der Waals surface area contributed by atoms with Gasteiger partial charge < -0.3 is 14.2 Å².